The number of hydrogen-bond acceptors (Lipinski definition) is 4. The Hall–Kier alpha value is -1.39. The summed E-state index contributed by atoms with van der Waals surface area (Å²) in [5.74, 6) is 1.32. The molecule has 3 N–H and O–H groups in total. The molecule has 0 radical (unpaired) electrons. The Kier molecular flexibility index (Phi) is 13.0. The first-order valence-corrected chi connectivity index (χ1v) is 10.7. The summed E-state index contributed by atoms with van der Waals surface area (Å²) in [6.07, 6.45) is 0.826. The minimum absolute atomic E-state index is 0. The summed E-state index contributed by atoms with van der Waals surface area (Å²) in [6.45, 7) is 12.5. The lowest BCUT2D eigenvalue weighted by Crippen LogP contribution is -2.48. The van der Waals surface area contributed by atoms with Crippen LogP contribution in [0.5, 0.6) is 0 Å². The van der Waals surface area contributed by atoms with Gasteiger partial charge in [0.05, 0.1) is 19.8 Å². The van der Waals surface area contributed by atoms with Crippen LogP contribution in [0.4, 0.5) is 0 Å². The first-order chi connectivity index (χ1) is 14.0. The number of nitrogens with zero attached hydrogens (tertiary/aromatic N) is 2. The monoisotopic (exact) mass is 531 g/mol. The Balaban J connectivity index is 0.00000450. The molecule has 2 rings (SSSR count). The van der Waals surface area contributed by atoms with E-state index in [1.807, 2.05) is 24.3 Å². The van der Waals surface area contributed by atoms with Gasteiger partial charge in [-0.1, -0.05) is 26.0 Å². The van der Waals surface area contributed by atoms with Gasteiger partial charge in [0.1, 0.15) is 0 Å². The third kappa shape index (κ3) is 8.77. The molecule has 30 heavy (non-hydrogen) atoms. The molecule has 0 aromatic heterocycles. The fraction of sp³-hybridized carbons (Fsp3) is 0.636. The highest BCUT2D eigenvalue weighted by Crippen LogP contribution is 2.13. The van der Waals surface area contributed by atoms with Crippen molar-refractivity contribution in [3.63, 3.8) is 0 Å². The molecule has 8 heteroatoms. The van der Waals surface area contributed by atoms with Crippen molar-refractivity contribution in [2.24, 2.45) is 10.9 Å². The van der Waals surface area contributed by atoms with Gasteiger partial charge < -0.3 is 20.7 Å². The van der Waals surface area contributed by atoms with Crippen molar-refractivity contribution < 1.29 is 9.53 Å². The molecule has 1 aliphatic heterocycles. The molecule has 7 nitrogen and oxygen atoms in total. The van der Waals surface area contributed by atoms with E-state index in [-0.39, 0.29) is 29.9 Å². The summed E-state index contributed by atoms with van der Waals surface area (Å²) in [7, 11) is 1.65. The summed E-state index contributed by atoms with van der Waals surface area (Å²) in [4.78, 5) is 19.1. The summed E-state index contributed by atoms with van der Waals surface area (Å²) in [5, 5.41) is 9.43. The van der Waals surface area contributed by atoms with Gasteiger partial charge in [0, 0.05) is 44.8 Å². The number of guanidine groups is 1. The zero-order chi connectivity index (χ0) is 21.1. The molecule has 0 spiro atoms. The SMILES string of the molecule is CCNC(=NCC(C(C)C)N1CCOCC1)NCCc1cccc(C(=O)NC)c1.I. The average molecular weight is 531 g/mol. The Morgan fingerprint density at radius 3 is 2.60 bits per heavy atom. The van der Waals surface area contributed by atoms with E-state index >= 15 is 0 Å². The van der Waals surface area contributed by atoms with E-state index in [1.165, 1.54) is 0 Å². The van der Waals surface area contributed by atoms with Crippen LogP contribution in [0.3, 0.4) is 0 Å². The fourth-order valence-electron chi connectivity index (χ4n) is 3.52. The minimum Gasteiger partial charge on any atom is -0.379 e. The summed E-state index contributed by atoms with van der Waals surface area (Å²) < 4.78 is 5.49. The molecule has 0 aliphatic carbocycles. The number of ether oxygens (including phenoxy) is 1. The topological polar surface area (TPSA) is 78.0 Å². The van der Waals surface area contributed by atoms with Crippen LogP contribution in [0.15, 0.2) is 29.3 Å². The number of hydrogen-bond donors (Lipinski definition) is 3. The minimum atomic E-state index is -0.0578. The number of amides is 1. The Labute approximate surface area is 198 Å². The molecule has 1 fully saturated rings. The fourth-order valence-corrected chi connectivity index (χ4v) is 3.52. The third-order valence-electron chi connectivity index (χ3n) is 5.19. The van der Waals surface area contributed by atoms with Gasteiger partial charge in [-0.2, -0.15) is 0 Å². The standard InChI is InChI=1S/C22H37N5O2.HI/c1-5-24-22(26-16-20(17(2)3)27-11-13-29-14-12-27)25-10-9-18-7-6-8-19(15-18)21(28)23-4;/h6-8,15,17,20H,5,9-14,16H2,1-4H3,(H,23,28)(H2,24,25,26);1H. The van der Waals surface area contributed by atoms with Crippen LogP contribution in [0.1, 0.15) is 36.7 Å². The smallest absolute Gasteiger partial charge is 0.251 e. The van der Waals surface area contributed by atoms with Crippen molar-refractivity contribution >= 4 is 35.8 Å². The Morgan fingerprint density at radius 1 is 1.23 bits per heavy atom. The van der Waals surface area contributed by atoms with Gasteiger partial charge in [-0.3, -0.25) is 14.7 Å². The Morgan fingerprint density at radius 2 is 1.97 bits per heavy atom. The lowest BCUT2D eigenvalue weighted by atomic mass is 10.0. The average Bonchev–Trinajstić information content (AvgIpc) is 2.74. The molecule has 1 amide bonds. The van der Waals surface area contributed by atoms with Crippen LogP contribution < -0.4 is 16.0 Å². The maximum Gasteiger partial charge on any atom is 0.251 e. The lowest BCUT2D eigenvalue weighted by molar-refractivity contribution is 0.00867. The maximum atomic E-state index is 11.8. The van der Waals surface area contributed by atoms with E-state index in [1.54, 1.807) is 7.05 Å². The highest BCUT2D eigenvalue weighted by molar-refractivity contribution is 14.0. The number of carbonyl (C=O) groups is 1. The number of carbonyl (C=O) groups excluding carboxylic acids is 1. The third-order valence-corrected chi connectivity index (χ3v) is 5.19. The molecule has 1 aliphatic rings. The van der Waals surface area contributed by atoms with Crippen LogP contribution in [-0.2, 0) is 11.2 Å². The van der Waals surface area contributed by atoms with Gasteiger partial charge >= 0.3 is 0 Å². The van der Waals surface area contributed by atoms with Crippen molar-refractivity contribution in [2.45, 2.75) is 33.2 Å². The molecule has 1 saturated heterocycles. The zero-order valence-electron chi connectivity index (χ0n) is 18.7. The van der Waals surface area contributed by atoms with Gasteiger partial charge in [-0.15, -0.1) is 24.0 Å². The number of benzene rings is 1. The summed E-state index contributed by atoms with van der Waals surface area (Å²) >= 11 is 0. The van der Waals surface area contributed by atoms with Crippen LogP contribution >= 0.6 is 24.0 Å². The van der Waals surface area contributed by atoms with E-state index < -0.39 is 0 Å². The lowest BCUT2D eigenvalue weighted by Gasteiger charge is -2.36. The number of nitrogens with one attached hydrogen (secondary N) is 3. The van der Waals surface area contributed by atoms with Crippen LogP contribution in [-0.4, -0.2) is 75.8 Å². The Bertz CT molecular complexity index is 663. The largest absolute Gasteiger partial charge is 0.379 e. The summed E-state index contributed by atoms with van der Waals surface area (Å²) in [6, 6.07) is 8.16. The van der Waals surface area contributed by atoms with Crippen molar-refractivity contribution in [1.29, 1.82) is 0 Å². The van der Waals surface area contributed by atoms with Crippen molar-refractivity contribution in [3.8, 4) is 0 Å². The number of morpholine rings is 1. The molecule has 1 aromatic carbocycles. The van der Waals surface area contributed by atoms with Gasteiger partial charge in [-0.25, -0.2) is 0 Å². The second-order valence-electron chi connectivity index (χ2n) is 7.64. The van der Waals surface area contributed by atoms with E-state index in [2.05, 4.69) is 41.6 Å². The van der Waals surface area contributed by atoms with Gasteiger partial charge in [0.25, 0.3) is 5.91 Å². The predicted octanol–water partition coefficient (Wildman–Crippen LogP) is 2.12. The van der Waals surface area contributed by atoms with Crippen molar-refractivity contribution in [3.05, 3.63) is 35.4 Å². The van der Waals surface area contributed by atoms with Crippen LogP contribution in [0.25, 0.3) is 0 Å². The predicted molar refractivity (Wildman–Crippen MR) is 134 cm³/mol. The first-order valence-electron chi connectivity index (χ1n) is 10.7. The second-order valence-corrected chi connectivity index (χ2v) is 7.64. The normalized spacial score (nSPS) is 16.0. The van der Waals surface area contributed by atoms with Crippen LogP contribution in [0.2, 0.25) is 0 Å². The number of halogens is 1. The van der Waals surface area contributed by atoms with Gasteiger partial charge in [-0.05, 0) is 37.0 Å². The van der Waals surface area contributed by atoms with Gasteiger partial charge in [0.2, 0.25) is 0 Å². The number of aliphatic imine (C=N–C) groups is 1. The van der Waals surface area contributed by atoms with E-state index in [0.29, 0.717) is 17.5 Å². The zero-order valence-corrected chi connectivity index (χ0v) is 21.1. The molecule has 1 atom stereocenters. The molecule has 170 valence electrons. The second kappa shape index (κ2) is 14.6. The molecule has 1 heterocycles. The molecular weight excluding hydrogens is 493 g/mol. The molecule has 1 aromatic rings. The van der Waals surface area contributed by atoms with Crippen molar-refractivity contribution in [1.82, 2.24) is 20.9 Å². The maximum absolute atomic E-state index is 11.8. The quantitative estimate of drug-likeness (QED) is 0.259. The van der Waals surface area contributed by atoms with E-state index in [9.17, 15) is 4.79 Å². The van der Waals surface area contributed by atoms with Crippen molar-refractivity contribution in [2.75, 3.05) is 53.0 Å². The first kappa shape index (κ1) is 26.6. The number of rotatable bonds is 9. The van der Waals surface area contributed by atoms with E-state index in [4.69, 9.17) is 9.73 Å². The molecule has 0 saturated carbocycles. The van der Waals surface area contributed by atoms with E-state index in [0.717, 1.165) is 63.9 Å². The molecule has 0 bridgehead atoms. The van der Waals surface area contributed by atoms with Gasteiger partial charge in [0.15, 0.2) is 5.96 Å². The molecule has 1 unspecified atom stereocenters. The summed E-state index contributed by atoms with van der Waals surface area (Å²) in [5.41, 5.74) is 1.82. The van der Waals surface area contributed by atoms with Crippen LogP contribution in [0, 0.1) is 5.92 Å². The highest BCUT2D eigenvalue weighted by atomic mass is 127. The molecular formula is C22H38IN5O2. The highest BCUT2D eigenvalue weighted by Gasteiger charge is 2.23.